The van der Waals surface area contributed by atoms with Crippen LogP contribution in [0.25, 0.3) is 0 Å². The van der Waals surface area contributed by atoms with Gasteiger partial charge in [-0.25, -0.2) is 9.37 Å². The van der Waals surface area contributed by atoms with E-state index in [-0.39, 0.29) is 5.82 Å². The van der Waals surface area contributed by atoms with Crippen molar-refractivity contribution in [3.8, 4) is 0 Å². The van der Waals surface area contributed by atoms with Gasteiger partial charge in [0.05, 0.1) is 4.47 Å². The van der Waals surface area contributed by atoms with Crippen LogP contribution in [0.1, 0.15) is 5.56 Å². The van der Waals surface area contributed by atoms with Gasteiger partial charge in [0.1, 0.15) is 11.6 Å². The lowest BCUT2D eigenvalue weighted by Gasteiger charge is -2.09. The number of hydrogen-bond acceptors (Lipinski definition) is 4. The number of aryl methyl sites for hydroxylation is 1. The Kier molecular flexibility index (Phi) is 3.76. The van der Waals surface area contributed by atoms with Crippen LogP contribution in [0.3, 0.4) is 0 Å². The van der Waals surface area contributed by atoms with Gasteiger partial charge in [0.15, 0.2) is 0 Å². The van der Waals surface area contributed by atoms with E-state index in [0.717, 1.165) is 0 Å². The molecule has 0 saturated carbocycles. The lowest BCUT2D eigenvalue weighted by Crippen LogP contribution is -2.01. The molecule has 2 N–H and O–H groups in total. The maximum Gasteiger partial charge on any atom is 0.224 e. The zero-order valence-electron chi connectivity index (χ0n) is 9.96. The van der Waals surface area contributed by atoms with Crippen molar-refractivity contribution in [2.24, 2.45) is 0 Å². The predicted molar refractivity (Wildman–Crippen MR) is 73.7 cm³/mol. The Morgan fingerprint density at radius 1 is 1.33 bits per heavy atom. The standard InChI is InChI=1S/C12H12BrFN4/c1-7-3-4-8(5-10(7)14)17-11-9(13)6-16-12(15-2)18-11/h3-6H,1-2H3,(H2,15,16,17,18). The quantitative estimate of drug-likeness (QED) is 0.911. The zero-order valence-corrected chi connectivity index (χ0v) is 11.5. The third-order valence-electron chi connectivity index (χ3n) is 2.40. The van der Waals surface area contributed by atoms with Gasteiger partial charge in [-0.15, -0.1) is 0 Å². The molecule has 2 rings (SSSR count). The first-order chi connectivity index (χ1) is 8.60. The van der Waals surface area contributed by atoms with E-state index in [2.05, 4.69) is 36.5 Å². The molecule has 1 aromatic carbocycles. The number of nitrogens with zero attached hydrogens (tertiary/aromatic N) is 2. The minimum absolute atomic E-state index is 0.251. The van der Waals surface area contributed by atoms with Crippen LogP contribution in [0, 0.1) is 12.7 Å². The van der Waals surface area contributed by atoms with Crippen LogP contribution in [0.2, 0.25) is 0 Å². The summed E-state index contributed by atoms with van der Waals surface area (Å²) in [6.07, 6.45) is 1.63. The molecule has 0 amide bonds. The molecule has 0 aliphatic heterocycles. The van der Waals surface area contributed by atoms with Gasteiger partial charge in [0.2, 0.25) is 5.95 Å². The van der Waals surface area contributed by atoms with Crippen molar-refractivity contribution >= 4 is 33.4 Å². The van der Waals surface area contributed by atoms with Crippen molar-refractivity contribution in [2.75, 3.05) is 17.7 Å². The second kappa shape index (κ2) is 5.30. The molecule has 0 fully saturated rings. The Balaban J connectivity index is 2.30. The maximum absolute atomic E-state index is 13.4. The van der Waals surface area contributed by atoms with Crippen molar-refractivity contribution in [1.29, 1.82) is 0 Å². The molecule has 6 heteroatoms. The van der Waals surface area contributed by atoms with Crippen LogP contribution in [-0.4, -0.2) is 17.0 Å². The van der Waals surface area contributed by atoms with Crippen LogP contribution in [-0.2, 0) is 0 Å². The van der Waals surface area contributed by atoms with E-state index in [1.807, 2.05) is 0 Å². The molecule has 0 saturated heterocycles. The van der Waals surface area contributed by atoms with E-state index in [1.54, 1.807) is 32.3 Å². The first-order valence-electron chi connectivity index (χ1n) is 5.33. The Morgan fingerprint density at radius 2 is 2.11 bits per heavy atom. The molecule has 0 unspecified atom stereocenters. The van der Waals surface area contributed by atoms with E-state index in [0.29, 0.717) is 27.5 Å². The number of halogens is 2. The molecule has 0 aliphatic carbocycles. The summed E-state index contributed by atoms with van der Waals surface area (Å²) >= 11 is 3.34. The first-order valence-corrected chi connectivity index (χ1v) is 6.13. The minimum atomic E-state index is -0.251. The van der Waals surface area contributed by atoms with Gasteiger partial charge < -0.3 is 10.6 Å². The van der Waals surface area contributed by atoms with Gasteiger partial charge in [-0.2, -0.15) is 4.98 Å². The molecule has 0 aliphatic rings. The van der Waals surface area contributed by atoms with Gasteiger partial charge in [-0.1, -0.05) is 6.07 Å². The second-order valence-corrected chi connectivity index (χ2v) is 4.58. The Morgan fingerprint density at radius 3 is 2.78 bits per heavy atom. The summed E-state index contributed by atoms with van der Waals surface area (Å²) in [5.41, 5.74) is 1.25. The number of hydrogen-bond donors (Lipinski definition) is 2. The number of aromatic nitrogens is 2. The minimum Gasteiger partial charge on any atom is -0.357 e. The second-order valence-electron chi connectivity index (χ2n) is 3.73. The van der Waals surface area contributed by atoms with Crippen LogP contribution in [0.4, 0.5) is 21.8 Å². The lowest BCUT2D eigenvalue weighted by atomic mass is 10.2. The smallest absolute Gasteiger partial charge is 0.224 e. The summed E-state index contributed by atoms with van der Waals surface area (Å²) in [5, 5.41) is 5.88. The van der Waals surface area contributed by atoms with Gasteiger partial charge >= 0.3 is 0 Å². The van der Waals surface area contributed by atoms with Crippen molar-refractivity contribution in [3.05, 3.63) is 40.2 Å². The van der Waals surface area contributed by atoms with Crippen LogP contribution in [0.15, 0.2) is 28.9 Å². The fraction of sp³-hybridized carbons (Fsp3) is 0.167. The zero-order chi connectivity index (χ0) is 13.1. The van der Waals surface area contributed by atoms with Crippen molar-refractivity contribution in [2.45, 2.75) is 6.92 Å². The highest BCUT2D eigenvalue weighted by Crippen LogP contribution is 2.24. The number of nitrogens with one attached hydrogen (secondary N) is 2. The third kappa shape index (κ3) is 2.76. The molecular formula is C12H12BrFN4. The summed E-state index contributed by atoms with van der Waals surface area (Å²) in [7, 11) is 1.73. The molecule has 2 aromatic rings. The molecule has 4 nitrogen and oxygen atoms in total. The highest BCUT2D eigenvalue weighted by atomic mass is 79.9. The molecule has 1 aromatic heterocycles. The Labute approximate surface area is 113 Å². The fourth-order valence-corrected chi connectivity index (χ4v) is 1.67. The van der Waals surface area contributed by atoms with Crippen molar-refractivity contribution < 1.29 is 4.39 Å². The molecular weight excluding hydrogens is 299 g/mol. The number of rotatable bonds is 3. The predicted octanol–water partition coefficient (Wildman–Crippen LogP) is 3.47. The van der Waals surface area contributed by atoms with E-state index in [4.69, 9.17) is 0 Å². The Hall–Kier alpha value is -1.69. The molecule has 0 spiro atoms. The van der Waals surface area contributed by atoms with E-state index in [1.165, 1.54) is 6.07 Å². The summed E-state index contributed by atoms with van der Waals surface area (Å²) in [5.74, 6) is 0.824. The maximum atomic E-state index is 13.4. The summed E-state index contributed by atoms with van der Waals surface area (Å²) < 4.78 is 14.1. The highest BCUT2D eigenvalue weighted by Gasteiger charge is 2.06. The van der Waals surface area contributed by atoms with Crippen LogP contribution >= 0.6 is 15.9 Å². The average Bonchev–Trinajstić information content (AvgIpc) is 2.36. The number of anilines is 3. The van der Waals surface area contributed by atoms with Gasteiger partial charge in [-0.05, 0) is 40.5 Å². The molecule has 1 heterocycles. The van der Waals surface area contributed by atoms with E-state index < -0.39 is 0 Å². The average molecular weight is 311 g/mol. The molecule has 0 radical (unpaired) electrons. The lowest BCUT2D eigenvalue weighted by molar-refractivity contribution is 0.619. The van der Waals surface area contributed by atoms with E-state index >= 15 is 0 Å². The third-order valence-corrected chi connectivity index (χ3v) is 2.98. The van der Waals surface area contributed by atoms with Crippen LogP contribution < -0.4 is 10.6 Å². The monoisotopic (exact) mass is 310 g/mol. The van der Waals surface area contributed by atoms with Gasteiger partial charge in [-0.3, -0.25) is 0 Å². The largest absolute Gasteiger partial charge is 0.357 e. The van der Waals surface area contributed by atoms with Crippen molar-refractivity contribution in [1.82, 2.24) is 9.97 Å². The molecule has 94 valence electrons. The fourth-order valence-electron chi connectivity index (χ4n) is 1.38. The van der Waals surface area contributed by atoms with Gasteiger partial charge in [0, 0.05) is 18.9 Å². The first kappa shape index (κ1) is 12.8. The number of benzene rings is 1. The molecule has 18 heavy (non-hydrogen) atoms. The summed E-state index contributed by atoms with van der Waals surface area (Å²) in [4.78, 5) is 8.28. The summed E-state index contributed by atoms with van der Waals surface area (Å²) in [6, 6.07) is 4.95. The van der Waals surface area contributed by atoms with Crippen LogP contribution in [0.5, 0.6) is 0 Å². The van der Waals surface area contributed by atoms with Crippen molar-refractivity contribution in [3.63, 3.8) is 0 Å². The SMILES string of the molecule is CNc1ncc(Br)c(Nc2ccc(C)c(F)c2)n1. The Bertz CT molecular complexity index is 574. The topological polar surface area (TPSA) is 49.8 Å². The normalized spacial score (nSPS) is 10.2. The molecule has 0 atom stereocenters. The van der Waals surface area contributed by atoms with Gasteiger partial charge in [0.25, 0.3) is 0 Å². The molecule has 0 bridgehead atoms. The highest BCUT2D eigenvalue weighted by molar-refractivity contribution is 9.10. The summed E-state index contributed by atoms with van der Waals surface area (Å²) in [6.45, 7) is 1.72. The van der Waals surface area contributed by atoms with E-state index in [9.17, 15) is 4.39 Å².